The van der Waals surface area contributed by atoms with Crippen LogP contribution in [0.25, 0.3) is 0 Å². The van der Waals surface area contributed by atoms with Gasteiger partial charge in [-0.3, -0.25) is 9.59 Å². The molecule has 1 spiro atoms. The number of likely N-dealkylation sites (tertiary alicyclic amines) is 1. The predicted molar refractivity (Wildman–Crippen MR) is 149 cm³/mol. The average molecular weight is 599 g/mol. The largest absolute Gasteiger partial charge is 0.497 e. The highest BCUT2D eigenvalue weighted by Gasteiger charge is 2.62. The second-order valence-corrected chi connectivity index (χ2v) is 12.7. The first-order valence-electron chi connectivity index (χ1n) is 13.2. The number of thioether (sulfide) groups is 1. The summed E-state index contributed by atoms with van der Waals surface area (Å²) in [5.74, 6) is -1.37. The third kappa shape index (κ3) is 6.09. The molecule has 0 aromatic heterocycles. The van der Waals surface area contributed by atoms with Gasteiger partial charge in [-0.05, 0) is 74.3 Å². The van der Waals surface area contributed by atoms with Crippen LogP contribution in [0.1, 0.15) is 54.4 Å². The van der Waals surface area contributed by atoms with E-state index in [1.165, 1.54) is 24.1 Å². The molecule has 1 aliphatic heterocycles. The second-order valence-electron chi connectivity index (χ2n) is 10.9. The van der Waals surface area contributed by atoms with E-state index >= 15 is 0 Å². The Morgan fingerprint density at radius 1 is 1.07 bits per heavy atom. The van der Waals surface area contributed by atoms with Crippen molar-refractivity contribution in [1.29, 1.82) is 0 Å². The van der Waals surface area contributed by atoms with Gasteiger partial charge in [0.25, 0.3) is 17.4 Å². The summed E-state index contributed by atoms with van der Waals surface area (Å²) in [6.45, 7) is 0.325. The maximum atomic E-state index is 14.2. The van der Waals surface area contributed by atoms with E-state index in [2.05, 4.69) is 0 Å². The van der Waals surface area contributed by atoms with Crippen LogP contribution in [0.4, 0.5) is 13.2 Å². The lowest BCUT2D eigenvalue weighted by molar-refractivity contribution is -0.262. The molecule has 6 nitrogen and oxygen atoms in total. The van der Waals surface area contributed by atoms with E-state index in [4.69, 9.17) is 16.3 Å². The Bertz CT molecular complexity index is 1240. The number of piperidine rings is 1. The first kappa shape index (κ1) is 30.5. The number of ether oxygens (including phenoxy) is 1. The van der Waals surface area contributed by atoms with Crippen LogP contribution in [0.5, 0.6) is 5.75 Å². The normalized spacial score (nSPS) is 19.2. The Balaban J connectivity index is 1.37. The Kier molecular flexibility index (Phi) is 9.02. The zero-order valence-corrected chi connectivity index (χ0v) is 24.3. The van der Waals surface area contributed by atoms with Gasteiger partial charge in [-0.1, -0.05) is 23.7 Å². The van der Waals surface area contributed by atoms with Crippen LogP contribution >= 0.6 is 23.4 Å². The molecule has 1 saturated carbocycles. The number of amides is 2. The quantitative estimate of drug-likeness (QED) is 0.432. The molecule has 0 unspecified atom stereocenters. The van der Waals surface area contributed by atoms with Crippen LogP contribution in [-0.2, 0) is 10.4 Å². The van der Waals surface area contributed by atoms with Crippen molar-refractivity contribution in [1.82, 2.24) is 9.80 Å². The van der Waals surface area contributed by atoms with Crippen LogP contribution in [0, 0.1) is 5.41 Å². The van der Waals surface area contributed by atoms with Gasteiger partial charge in [0.05, 0.1) is 17.7 Å². The molecule has 40 heavy (non-hydrogen) atoms. The van der Waals surface area contributed by atoms with Crippen molar-refractivity contribution >= 4 is 35.2 Å². The molecule has 4 rings (SSSR count). The van der Waals surface area contributed by atoms with Gasteiger partial charge in [0.1, 0.15) is 5.75 Å². The number of carbonyl (C=O) groups is 2. The van der Waals surface area contributed by atoms with E-state index in [1.54, 1.807) is 31.9 Å². The number of hydrogen-bond acceptors (Lipinski definition) is 5. The smallest absolute Gasteiger partial charge is 0.430 e. The van der Waals surface area contributed by atoms with Gasteiger partial charge >= 0.3 is 6.18 Å². The van der Waals surface area contributed by atoms with Gasteiger partial charge < -0.3 is 19.6 Å². The van der Waals surface area contributed by atoms with Gasteiger partial charge in [0.2, 0.25) is 0 Å². The molecule has 218 valence electrons. The van der Waals surface area contributed by atoms with Crippen molar-refractivity contribution in [2.24, 2.45) is 5.41 Å². The monoisotopic (exact) mass is 598 g/mol. The summed E-state index contributed by atoms with van der Waals surface area (Å²) in [6.07, 6.45) is -0.309. The number of aliphatic hydroxyl groups is 1. The molecule has 1 aliphatic carbocycles. The number of halogens is 4. The molecule has 1 N–H and O–H groups in total. The van der Waals surface area contributed by atoms with Crippen LogP contribution in [-0.4, -0.2) is 72.4 Å². The number of methoxy groups -OCH3 is 1. The summed E-state index contributed by atoms with van der Waals surface area (Å²) in [5, 5.41) is 11.6. The maximum absolute atomic E-state index is 14.2. The minimum atomic E-state index is -5.19. The summed E-state index contributed by atoms with van der Waals surface area (Å²) < 4.78 is 47.5. The van der Waals surface area contributed by atoms with Crippen molar-refractivity contribution in [2.75, 3.05) is 34.3 Å². The first-order valence-corrected chi connectivity index (χ1v) is 14.5. The predicted octanol–water partition coefficient (Wildman–Crippen LogP) is 6.14. The third-order valence-electron chi connectivity index (χ3n) is 8.19. The Labute approximate surface area is 241 Å². The number of rotatable bonds is 6. The van der Waals surface area contributed by atoms with E-state index in [0.717, 1.165) is 47.6 Å². The highest BCUT2D eigenvalue weighted by atomic mass is 35.5. The Morgan fingerprint density at radius 2 is 1.73 bits per heavy atom. The standard InChI is InChI=1S/C29H34ClF3N2O4S/c1-34(2)25(36)23-8-7-22(18-24(23)30)40-21-9-11-27(12-10-21)13-15-35(16-14-27)26(37)28(38,29(31,32)33)19-5-4-6-20(17-19)39-3/h4-8,17-18,21,38H,9-16H2,1-3H3/t28-/m1/s1. The highest BCUT2D eigenvalue weighted by molar-refractivity contribution is 8.00. The van der Waals surface area contributed by atoms with Crippen LogP contribution < -0.4 is 4.74 Å². The number of benzene rings is 2. The van der Waals surface area contributed by atoms with Gasteiger partial charge in [-0.25, -0.2) is 0 Å². The summed E-state index contributed by atoms with van der Waals surface area (Å²) in [4.78, 5) is 29.1. The molecule has 0 radical (unpaired) electrons. The van der Waals surface area contributed by atoms with Crippen LogP contribution in [0.3, 0.4) is 0 Å². The minimum Gasteiger partial charge on any atom is -0.497 e. The van der Waals surface area contributed by atoms with E-state index in [-0.39, 0.29) is 30.2 Å². The molecule has 2 fully saturated rings. The minimum absolute atomic E-state index is 0.0280. The van der Waals surface area contributed by atoms with E-state index < -0.39 is 23.2 Å². The summed E-state index contributed by atoms with van der Waals surface area (Å²) in [5.41, 5.74) is -3.76. The lowest BCUT2D eigenvalue weighted by Gasteiger charge is -2.47. The van der Waals surface area contributed by atoms with Gasteiger partial charge in [0.15, 0.2) is 0 Å². The van der Waals surface area contributed by atoms with Crippen molar-refractivity contribution in [3.05, 3.63) is 58.6 Å². The van der Waals surface area contributed by atoms with Crippen molar-refractivity contribution in [3.63, 3.8) is 0 Å². The van der Waals surface area contributed by atoms with Crippen LogP contribution in [0.15, 0.2) is 47.4 Å². The Morgan fingerprint density at radius 3 is 2.27 bits per heavy atom. The van der Waals surface area contributed by atoms with Gasteiger partial charge in [-0.2, -0.15) is 13.2 Å². The van der Waals surface area contributed by atoms with E-state index in [1.807, 2.05) is 12.1 Å². The molecule has 2 aromatic carbocycles. The summed E-state index contributed by atoms with van der Waals surface area (Å²) in [6, 6.07) is 10.4. The molecule has 2 amide bonds. The van der Waals surface area contributed by atoms with Crippen molar-refractivity contribution in [3.8, 4) is 5.75 Å². The highest BCUT2D eigenvalue weighted by Crippen LogP contribution is 2.49. The third-order valence-corrected chi connectivity index (χ3v) is 9.84. The topological polar surface area (TPSA) is 70.1 Å². The van der Waals surface area contributed by atoms with Crippen molar-refractivity contribution in [2.45, 2.75) is 60.4 Å². The molecule has 1 saturated heterocycles. The first-order chi connectivity index (χ1) is 18.8. The maximum Gasteiger partial charge on any atom is 0.430 e. The molecule has 2 aliphatic rings. The number of alkyl halides is 3. The second kappa shape index (κ2) is 11.8. The SMILES string of the molecule is COc1cccc([C@@](O)(C(=O)N2CCC3(CCC(Sc4ccc(C(=O)N(C)C)c(Cl)c4)CC3)CC2)C(F)(F)F)c1. The van der Waals surface area contributed by atoms with Gasteiger partial charge in [-0.15, -0.1) is 11.8 Å². The fourth-order valence-electron chi connectivity index (χ4n) is 5.67. The van der Waals surface area contributed by atoms with Crippen molar-refractivity contribution < 1.29 is 32.6 Å². The Hall–Kier alpha value is -2.43. The summed E-state index contributed by atoms with van der Waals surface area (Å²) >= 11 is 8.09. The number of nitrogens with zero attached hydrogens (tertiary/aromatic N) is 2. The number of carbonyl (C=O) groups excluding carboxylic acids is 2. The summed E-state index contributed by atoms with van der Waals surface area (Å²) in [7, 11) is 4.66. The molecule has 0 bridgehead atoms. The van der Waals surface area contributed by atoms with E-state index in [0.29, 0.717) is 28.7 Å². The molecule has 1 heterocycles. The zero-order valence-electron chi connectivity index (χ0n) is 22.8. The van der Waals surface area contributed by atoms with E-state index in [9.17, 15) is 27.9 Å². The lowest BCUT2D eigenvalue weighted by atomic mass is 9.68. The average Bonchev–Trinajstić information content (AvgIpc) is 2.93. The zero-order chi connectivity index (χ0) is 29.3. The molecular formula is C29H34ClF3N2O4S. The lowest BCUT2D eigenvalue weighted by Crippen LogP contribution is -2.58. The molecule has 2 aromatic rings. The van der Waals surface area contributed by atoms with Gasteiger partial charge in [0, 0.05) is 42.9 Å². The molecular weight excluding hydrogens is 565 g/mol. The van der Waals surface area contributed by atoms with Crippen LogP contribution in [0.2, 0.25) is 5.02 Å². The molecule has 1 atom stereocenters. The fourth-order valence-corrected chi connectivity index (χ4v) is 7.18. The fraction of sp³-hybridized carbons (Fsp3) is 0.517. The number of hydrogen-bond donors (Lipinski definition) is 1. The molecule has 11 heteroatoms.